The van der Waals surface area contributed by atoms with Crippen LogP contribution in [-0.2, 0) is 6.42 Å². The smallest absolute Gasteiger partial charge is 0.317 e. The lowest BCUT2D eigenvalue weighted by Gasteiger charge is -2.37. The lowest BCUT2D eigenvalue weighted by molar-refractivity contribution is 0.0989. The van der Waals surface area contributed by atoms with Crippen molar-refractivity contribution in [3.8, 4) is 0 Å². The van der Waals surface area contributed by atoms with Crippen LogP contribution >= 0.6 is 0 Å². The highest BCUT2D eigenvalue weighted by Crippen LogP contribution is 2.31. The fourth-order valence-electron chi connectivity index (χ4n) is 4.73. The summed E-state index contributed by atoms with van der Waals surface area (Å²) in [7, 11) is 0. The van der Waals surface area contributed by atoms with Crippen LogP contribution in [0.5, 0.6) is 0 Å². The van der Waals surface area contributed by atoms with E-state index in [0.29, 0.717) is 12.1 Å². The number of hydrogen-bond donors (Lipinski definition) is 1. The standard InChI is InChI=1S/C22H25N5O2/c28-21(27-14-7-16-4-1-2-6-19(16)27)18-5-3-10-23-20(18)25-12-8-17(9-13-25)26-15-11-24-22(26)29/h1-6,10,17H,7-9,11-15H2,(H,24,29). The van der Waals surface area contributed by atoms with Crippen molar-refractivity contribution in [2.45, 2.75) is 25.3 Å². The van der Waals surface area contributed by atoms with Gasteiger partial charge in [-0.2, -0.15) is 0 Å². The van der Waals surface area contributed by atoms with Gasteiger partial charge in [0.25, 0.3) is 5.91 Å². The first kappa shape index (κ1) is 18.0. The molecule has 29 heavy (non-hydrogen) atoms. The van der Waals surface area contributed by atoms with E-state index in [1.807, 2.05) is 40.1 Å². The van der Waals surface area contributed by atoms with E-state index in [0.717, 1.165) is 56.9 Å². The summed E-state index contributed by atoms with van der Waals surface area (Å²) in [5.41, 5.74) is 2.88. The third-order valence-electron chi connectivity index (χ3n) is 6.24. The van der Waals surface area contributed by atoms with Gasteiger partial charge in [0.15, 0.2) is 0 Å². The minimum atomic E-state index is 0.0131. The maximum Gasteiger partial charge on any atom is 0.317 e. The molecule has 7 nitrogen and oxygen atoms in total. The predicted octanol–water partition coefficient (Wildman–Crippen LogP) is 2.28. The van der Waals surface area contributed by atoms with Gasteiger partial charge in [-0.1, -0.05) is 18.2 Å². The second kappa shape index (κ2) is 7.39. The van der Waals surface area contributed by atoms with E-state index in [1.165, 1.54) is 5.56 Å². The van der Waals surface area contributed by atoms with E-state index in [4.69, 9.17) is 0 Å². The first-order valence-electron chi connectivity index (χ1n) is 10.4. The Labute approximate surface area is 170 Å². The van der Waals surface area contributed by atoms with Crippen LogP contribution in [0.1, 0.15) is 28.8 Å². The van der Waals surface area contributed by atoms with Gasteiger partial charge in [-0.05, 0) is 43.0 Å². The minimum absolute atomic E-state index is 0.0131. The molecule has 7 heteroatoms. The number of aromatic nitrogens is 1. The van der Waals surface area contributed by atoms with Crippen molar-refractivity contribution >= 4 is 23.4 Å². The highest BCUT2D eigenvalue weighted by atomic mass is 16.2. The number of nitrogens with zero attached hydrogens (tertiary/aromatic N) is 4. The van der Waals surface area contributed by atoms with E-state index < -0.39 is 0 Å². The molecule has 2 aromatic rings. The van der Waals surface area contributed by atoms with Gasteiger partial charge < -0.3 is 20.0 Å². The Bertz CT molecular complexity index is 938. The number of benzene rings is 1. The Morgan fingerprint density at radius 2 is 1.86 bits per heavy atom. The molecule has 2 saturated heterocycles. The van der Waals surface area contributed by atoms with Crippen molar-refractivity contribution in [1.29, 1.82) is 0 Å². The van der Waals surface area contributed by atoms with Gasteiger partial charge in [0, 0.05) is 50.6 Å². The summed E-state index contributed by atoms with van der Waals surface area (Å²) in [6.07, 6.45) is 4.43. The van der Waals surface area contributed by atoms with E-state index in [-0.39, 0.29) is 18.0 Å². The molecule has 1 N–H and O–H groups in total. The molecule has 0 bridgehead atoms. The summed E-state index contributed by atoms with van der Waals surface area (Å²) in [6, 6.07) is 12.1. The quantitative estimate of drug-likeness (QED) is 0.872. The summed E-state index contributed by atoms with van der Waals surface area (Å²) in [5.74, 6) is 0.769. The average molecular weight is 391 g/mol. The number of fused-ring (bicyclic) bond motifs is 1. The molecule has 4 heterocycles. The van der Waals surface area contributed by atoms with Crippen molar-refractivity contribution in [2.75, 3.05) is 42.5 Å². The van der Waals surface area contributed by atoms with Crippen LogP contribution in [0.4, 0.5) is 16.3 Å². The number of carbonyl (C=O) groups is 2. The molecule has 0 saturated carbocycles. The average Bonchev–Trinajstić information content (AvgIpc) is 3.40. The minimum Gasteiger partial charge on any atom is -0.356 e. The van der Waals surface area contributed by atoms with Gasteiger partial charge in [0.1, 0.15) is 5.82 Å². The number of hydrogen-bond acceptors (Lipinski definition) is 4. The van der Waals surface area contributed by atoms with E-state index in [9.17, 15) is 9.59 Å². The van der Waals surface area contributed by atoms with E-state index in [2.05, 4.69) is 21.3 Å². The van der Waals surface area contributed by atoms with Gasteiger partial charge in [0.2, 0.25) is 0 Å². The fraction of sp³-hybridized carbons (Fsp3) is 0.409. The number of pyridine rings is 1. The van der Waals surface area contributed by atoms with Gasteiger partial charge in [-0.25, -0.2) is 9.78 Å². The third-order valence-corrected chi connectivity index (χ3v) is 6.24. The molecule has 150 valence electrons. The SMILES string of the molecule is O=C(c1cccnc1N1CCC(N2CCNC2=O)CC1)N1CCc2ccccc21. The molecule has 0 radical (unpaired) electrons. The normalized spacial score (nSPS) is 19.4. The Kier molecular flexibility index (Phi) is 4.58. The van der Waals surface area contributed by atoms with Crippen LogP contribution in [-0.4, -0.2) is 60.6 Å². The molecule has 3 aliphatic rings. The molecule has 5 rings (SSSR count). The van der Waals surface area contributed by atoms with Crippen LogP contribution in [0.3, 0.4) is 0 Å². The number of amides is 3. The summed E-state index contributed by atoms with van der Waals surface area (Å²) in [4.78, 5) is 35.9. The zero-order valence-electron chi connectivity index (χ0n) is 16.4. The molecule has 1 aromatic carbocycles. The maximum absolute atomic E-state index is 13.4. The van der Waals surface area contributed by atoms with E-state index in [1.54, 1.807) is 6.20 Å². The number of urea groups is 1. The lowest BCUT2D eigenvalue weighted by Crippen LogP contribution is -2.46. The molecule has 0 aliphatic carbocycles. The Hall–Kier alpha value is -3.09. The number of nitrogens with one attached hydrogen (secondary N) is 1. The second-order valence-corrected chi connectivity index (χ2v) is 7.85. The molecular formula is C22H25N5O2. The highest BCUT2D eigenvalue weighted by Gasteiger charge is 2.33. The molecule has 3 amide bonds. The van der Waals surface area contributed by atoms with Gasteiger partial charge in [0.05, 0.1) is 5.56 Å². The van der Waals surface area contributed by atoms with Crippen molar-refractivity contribution in [1.82, 2.24) is 15.2 Å². The Balaban J connectivity index is 1.34. The third kappa shape index (κ3) is 3.20. The monoisotopic (exact) mass is 391 g/mol. The Morgan fingerprint density at radius 1 is 1.03 bits per heavy atom. The predicted molar refractivity (Wildman–Crippen MR) is 111 cm³/mol. The van der Waals surface area contributed by atoms with Crippen molar-refractivity contribution < 1.29 is 9.59 Å². The van der Waals surface area contributed by atoms with E-state index >= 15 is 0 Å². The molecule has 0 atom stereocenters. The largest absolute Gasteiger partial charge is 0.356 e. The van der Waals surface area contributed by atoms with Crippen molar-refractivity contribution in [2.24, 2.45) is 0 Å². The number of carbonyl (C=O) groups excluding carboxylic acids is 2. The first-order valence-corrected chi connectivity index (χ1v) is 10.4. The molecular weight excluding hydrogens is 366 g/mol. The summed E-state index contributed by atoms with van der Waals surface area (Å²) in [6.45, 7) is 3.81. The van der Waals surface area contributed by atoms with Crippen LogP contribution in [0.25, 0.3) is 0 Å². The van der Waals surface area contributed by atoms with Gasteiger partial charge in [-0.15, -0.1) is 0 Å². The summed E-state index contributed by atoms with van der Waals surface area (Å²) >= 11 is 0. The van der Waals surface area contributed by atoms with Crippen LogP contribution in [0.15, 0.2) is 42.6 Å². The zero-order valence-corrected chi connectivity index (χ0v) is 16.4. The lowest BCUT2D eigenvalue weighted by atomic mass is 10.0. The number of anilines is 2. The van der Waals surface area contributed by atoms with Crippen LogP contribution in [0.2, 0.25) is 0 Å². The number of para-hydroxylation sites is 1. The van der Waals surface area contributed by atoms with Crippen LogP contribution < -0.4 is 15.1 Å². The zero-order chi connectivity index (χ0) is 19.8. The summed E-state index contributed by atoms with van der Waals surface area (Å²) < 4.78 is 0. The molecule has 3 aliphatic heterocycles. The Morgan fingerprint density at radius 3 is 2.66 bits per heavy atom. The highest BCUT2D eigenvalue weighted by molar-refractivity contribution is 6.10. The maximum atomic E-state index is 13.4. The second-order valence-electron chi connectivity index (χ2n) is 7.85. The first-order chi connectivity index (χ1) is 14.2. The van der Waals surface area contributed by atoms with Gasteiger partial charge in [-0.3, -0.25) is 4.79 Å². The topological polar surface area (TPSA) is 68.8 Å². The molecule has 1 aromatic heterocycles. The van der Waals surface area contributed by atoms with Crippen molar-refractivity contribution in [3.05, 3.63) is 53.7 Å². The number of piperidine rings is 1. The van der Waals surface area contributed by atoms with Gasteiger partial charge >= 0.3 is 6.03 Å². The fourth-order valence-corrected chi connectivity index (χ4v) is 4.73. The molecule has 0 unspecified atom stereocenters. The number of rotatable bonds is 3. The molecule has 2 fully saturated rings. The van der Waals surface area contributed by atoms with Crippen LogP contribution in [0, 0.1) is 0 Å². The molecule has 0 spiro atoms. The summed E-state index contributed by atoms with van der Waals surface area (Å²) in [5, 5.41) is 2.88. The van der Waals surface area contributed by atoms with Crippen molar-refractivity contribution in [3.63, 3.8) is 0 Å².